The van der Waals surface area contributed by atoms with Crippen molar-refractivity contribution in [2.45, 2.75) is 4.90 Å². The third-order valence-electron chi connectivity index (χ3n) is 4.14. The maximum Gasteiger partial charge on any atom is 0.242 e. The second kappa shape index (κ2) is 8.55. The van der Waals surface area contributed by atoms with Crippen LogP contribution in [0.5, 0.6) is 0 Å². The monoisotopic (exact) mass is 449 g/mol. The number of nitrogens with zero attached hydrogens (tertiary/aromatic N) is 1. The SMILES string of the molecule is CN(C)S(=O)(=O)c1ccc(C(=O)C=Cc2ccc(-c3cc(Cl)ccc3Cl)o2)cc1. The molecule has 0 atom stereocenters. The highest BCUT2D eigenvalue weighted by Crippen LogP contribution is 2.32. The van der Waals surface area contributed by atoms with E-state index in [0.717, 1.165) is 4.31 Å². The number of carbonyl (C=O) groups is 1. The van der Waals surface area contributed by atoms with E-state index in [2.05, 4.69) is 0 Å². The molecule has 5 nitrogen and oxygen atoms in total. The number of hydrogen-bond donors (Lipinski definition) is 0. The maximum absolute atomic E-state index is 12.4. The first-order chi connectivity index (χ1) is 13.7. The molecule has 8 heteroatoms. The van der Waals surface area contributed by atoms with Gasteiger partial charge in [-0.25, -0.2) is 12.7 Å². The van der Waals surface area contributed by atoms with Gasteiger partial charge in [-0.15, -0.1) is 0 Å². The quantitative estimate of drug-likeness (QED) is 0.373. The van der Waals surface area contributed by atoms with Crippen LogP contribution < -0.4 is 0 Å². The zero-order valence-corrected chi connectivity index (χ0v) is 17.9. The number of hydrogen-bond acceptors (Lipinski definition) is 4. The zero-order valence-electron chi connectivity index (χ0n) is 15.6. The molecule has 0 saturated heterocycles. The van der Waals surface area contributed by atoms with Gasteiger partial charge >= 0.3 is 0 Å². The fourth-order valence-corrected chi connectivity index (χ4v) is 3.81. The molecule has 0 aliphatic carbocycles. The summed E-state index contributed by atoms with van der Waals surface area (Å²) in [6, 6.07) is 14.3. The van der Waals surface area contributed by atoms with Crippen LogP contribution in [-0.4, -0.2) is 32.6 Å². The van der Waals surface area contributed by atoms with Crippen molar-refractivity contribution < 1.29 is 17.6 Å². The standard InChI is InChI=1S/C21H17Cl2NO4S/c1-24(2)29(26,27)17-8-3-14(4-9-17)20(25)11-6-16-7-12-21(28-16)18-13-15(22)5-10-19(18)23/h3-13H,1-2H3. The van der Waals surface area contributed by atoms with Gasteiger partial charge in [-0.3, -0.25) is 4.79 Å². The minimum absolute atomic E-state index is 0.122. The van der Waals surface area contributed by atoms with Gasteiger partial charge in [0, 0.05) is 30.2 Å². The van der Waals surface area contributed by atoms with Crippen molar-refractivity contribution in [2.75, 3.05) is 14.1 Å². The van der Waals surface area contributed by atoms with Gasteiger partial charge in [0.2, 0.25) is 10.0 Å². The Hall–Kier alpha value is -2.38. The molecule has 0 unspecified atom stereocenters. The van der Waals surface area contributed by atoms with Crippen molar-refractivity contribution in [3.05, 3.63) is 82.0 Å². The smallest absolute Gasteiger partial charge is 0.242 e. The lowest BCUT2D eigenvalue weighted by atomic mass is 10.1. The highest BCUT2D eigenvalue weighted by Gasteiger charge is 2.17. The normalized spacial score (nSPS) is 12.0. The van der Waals surface area contributed by atoms with Crippen LogP contribution in [-0.2, 0) is 10.0 Å². The lowest BCUT2D eigenvalue weighted by Gasteiger charge is -2.11. The van der Waals surface area contributed by atoms with Crippen LogP contribution in [0, 0.1) is 0 Å². The van der Waals surface area contributed by atoms with E-state index < -0.39 is 10.0 Å². The van der Waals surface area contributed by atoms with Crippen LogP contribution in [0.2, 0.25) is 10.0 Å². The zero-order chi connectivity index (χ0) is 21.2. The number of rotatable bonds is 6. The lowest BCUT2D eigenvalue weighted by molar-refractivity contribution is 0.104. The molecular weight excluding hydrogens is 433 g/mol. The minimum atomic E-state index is -3.54. The van der Waals surface area contributed by atoms with Crippen LogP contribution >= 0.6 is 23.2 Å². The summed E-state index contributed by atoms with van der Waals surface area (Å²) in [7, 11) is -0.637. The van der Waals surface area contributed by atoms with Crippen molar-refractivity contribution >= 4 is 45.1 Å². The Morgan fingerprint density at radius 3 is 2.34 bits per heavy atom. The van der Waals surface area contributed by atoms with Gasteiger partial charge in [-0.05, 0) is 66.7 Å². The predicted octanol–water partition coefficient (Wildman–Crippen LogP) is 5.40. The van der Waals surface area contributed by atoms with Crippen molar-refractivity contribution in [1.82, 2.24) is 4.31 Å². The first-order valence-electron chi connectivity index (χ1n) is 8.49. The summed E-state index contributed by atoms with van der Waals surface area (Å²) >= 11 is 12.2. The first-order valence-corrected chi connectivity index (χ1v) is 10.7. The minimum Gasteiger partial charge on any atom is -0.457 e. The molecule has 3 aromatic rings. The van der Waals surface area contributed by atoms with Crippen LogP contribution in [0.3, 0.4) is 0 Å². The Morgan fingerprint density at radius 2 is 1.69 bits per heavy atom. The molecule has 2 aromatic carbocycles. The Morgan fingerprint density at radius 1 is 1.00 bits per heavy atom. The molecule has 0 aliphatic rings. The Balaban J connectivity index is 1.76. The summed E-state index contributed by atoms with van der Waals surface area (Å²) in [5, 5.41) is 1.04. The van der Waals surface area contributed by atoms with Gasteiger partial charge < -0.3 is 4.42 Å². The molecule has 0 saturated carbocycles. The molecule has 0 spiro atoms. The van der Waals surface area contributed by atoms with E-state index in [-0.39, 0.29) is 10.7 Å². The van der Waals surface area contributed by atoms with Crippen LogP contribution in [0.1, 0.15) is 16.1 Å². The molecular formula is C21H17Cl2NO4S. The van der Waals surface area contributed by atoms with Crippen LogP contribution in [0.25, 0.3) is 17.4 Å². The molecule has 29 heavy (non-hydrogen) atoms. The number of ketones is 1. The second-order valence-corrected chi connectivity index (χ2v) is 9.33. The Labute approximate surface area is 179 Å². The van der Waals surface area contributed by atoms with Gasteiger partial charge in [0.05, 0.1) is 9.92 Å². The highest BCUT2D eigenvalue weighted by atomic mass is 35.5. The summed E-state index contributed by atoms with van der Waals surface area (Å²) < 4.78 is 31.0. The molecule has 0 radical (unpaired) electrons. The molecule has 0 N–H and O–H groups in total. The van der Waals surface area contributed by atoms with Crippen molar-refractivity contribution in [1.29, 1.82) is 0 Å². The third kappa shape index (κ3) is 4.79. The van der Waals surface area contributed by atoms with Crippen LogP contribution in [0.4, 0.5) is 0 Å². The van der Waals surface area contributed by atoms with E-state index in [1.165, 1.54) is 50.5 Å². The van der Waals surface area contributed by atoms with E-state index in [4.69, 9.17) is 27.6 Å². The van der Waals surface area contributed by atoms with Crippen LogP contribution in [0.15, 0.2) is 70.0 Å². The summed E-state index contributed by atoms with van der Waals surface area (Å²) in [5.41, 5.74) is 1.02. The van der Waals surface area contributed by atoms with E-state index in [1.807, 2.05) is 0 Å². The number of halogens is 2. The number of allylic oxidation sites excluding steroid dienone is 1. The van der Waals surface area contributed by atoms with Gasteiger partial charge in [0.15, 0.2) is 5.78 Å². The number of benzene rings is 2. The molecule has 3 rings (SSSR count). The fourth-order valence-electron chi connectivity index (χ4n) is 2.53. The maximum atomic E-state index is 12.4. The van der Waals surface area contributed by atoms with E-state index in [9.17, 15) is 13.2 Å². The summed E-state index contributed by atoms with van der Waals surface area (Å²) in [4.78, 5) is 12.5. The molecule has 1 aromatic heterocycles. The number of carbonyl (C=O) groups excluding carboxylic acids is 1. The predicted molar refractivity (Wildman–Crippen MR) is 115 cm³/mol. The molecule has 0 aliphatic heterocycles. The van der Waals surface area contributed by atoms with Gasteiger partial charge in [-0.1, -0.05) is 23.2 Å². The average Bonchev–Trinajstić information content (AvgIpc) is 3.16. The third-order valence-corrected chi connectivity index (χ3v) is 6.53. The second-order valence-electron chi connectivity index (χ2n) is 6.34. The first kappa shape index (κ1) is 21.3. The van der Waals surface area contributed by atoms with E-state index >= 15 is 0 Å². The summed E-state index contributed by atoms with van der Waals surface area (Å²) in [5.74, 6) is 0.719. The van der Waals surface area contributed by atoms with Gasteiger partial charge in [0.25, 0.3) is 0 Å². The van der Waals surface area contributed by atoms with Crippen molar-refractivity contribution in [3.8, 4) is 11.3 Å². The van der Waals surface area contributed by atoms with Crippen molar-refractivity contribution in [2.24, 2.45) is 0 Å². The molecule has 0 amide bonds. The Bertz CT molecular complexity index is 1180. The highest BCUT2D eigenvalue weighted by molar-refractivity contribution is 7.89. The van der Waals surface area contributed by atoms with Gasteiger partial charge in [0.1, 0.15) is 11.5 Å². The van der Waals surface area contributed by atoms with Gasteiger partial charge in [-0.2, -0.15) is 0 Å². The Kier molecular flexibility index (Phi) is 6.29. The number of furan rings is 1. The van der Waals surface area contributed by atoms with E-state index in [0.29, 0.717) is 32.7 Å². The molecule has 0 fully saturated rings. The average molecular weight is 450 g/mol. The number of sulfonamides is 1. The molecule has 0 bridgehead atoms. The largest absolute Gasteiger partial charge is 0.457 e. The summed E-state index contributed by atoms with van der Waals surface area (Å²) in [6.07, 6.45) is 2.90. The summed E-state index contributed by atoms with van der Waals surface area (Å²) in [6.45, 7) is 0. The molecule has 1 heterocycles. The fraction of sp³-hybridized carbons (Fsp3) is 0.0952. The van der Waals surface area contributed by atoms with E-state index in [1.54, 1.807) is 30.3 Å². The van der Waals surface area contributed by atoms with Crippen molar-refractivity contribution in [3.63, 3.8) is 0 Å². The topological polar surface area (TPSA) is 67.6 Å². The molecule has 150 valence electrons. The lowest BCUT2D eigenvalue weighted by Crippen LogP contribution is -2.22.